The van der Waals surface area contributed by atoms with E-state index in [1.807, 2.05) is 4.40 Å². The third-order valence-corrected chi connectivity index (χ3v) is 3.86. The lowest BCUT2D eigenvalue weighted by Gasteiger charge is -2.10. The minimum atomic E-state index is -4.48. The number of imidazole rings is 1. The monoisotopic (exact) mass is 421 g/mol. The molecule has 0 unspecified atom stereocenters. The number of oxime groups is 1. The molecule has 30 heavy (non-hydrogen) atoms. The molecule has 0 fully saturated rings. The van der Waals surface area contributed by atoms with Crippen molar-refractivity contribution < 1.29 is 27.9 Å². The summed E-state index contributed by atoms with van der Waals surface area (Å²) in [5.41, 5.74) is 3.16. The number of nitrogens with zero attached hydrogens (tertiary/aromatic N) is 3. The summed E-state index contributed by atoms with van der Waals surface area (Å²) in [5, 5.41) is 16.5. The fraction of sp³-hybridized carbons (Fsp3) is 0.211. The molecule has 2 amide bonds. The molecule has 0 bridgehead atoms. The van der Waals surface area contributed by atoms with E-state index in [2.05, 4.69) is 15.5 Å². The molecule has 0 aliphatic heterocycles. The average molecular weight is 421 g/mol. The van der Waals surface area contributed by atoms with Crippen LogP contribution in [0.15, 0.2) is 53.9 Å². The van der Waals surface area contributed by atoms with Crippen LogP contribution >= 0.6 is 0 Å². The number of aromatic nitrogens is 2. The van der Waals surface area contributed by atoms with Gasteiger partial charge in [0.2, 0.25) is 0 Å². The van der Waals surface area contributed by atoms with Gasteiger partial charge in [0.25, 0.3) is 0 Å². The lowest BCUT2D eigenvalue weighted by Crippen LogP contribution is -2.36. The van der Waals surface area contributed by atoms with Crippen LogP contribution in [0.4, 0.5) is 23.7 Å². The molecular formula is C19H18F3N5O3. The Hall–Kier alpha value is -3.60. The molecular weight excluding hydrogens is 403 g/mol. The van der Waals surface area contributed by atoms with Crippen LogP contribution in [0.1, 0.15) is 5.56 Å². The fourth-order valence-electron chi connectivity index (χ4n) is 2.59. The Labute approximate surface area is 169 Å². The maximum absolute atomic E-state index is 12.2. The number of amides is 2. The van der Waals surface area contributed by atoms with E-state index in [0.29, 0.717) is 16.9 Å². The van der Waals surface area contributed by atoms with Gasteiger partial charge in [-0.15, -0.1) is 0 Å². The molecule has 0 spiro atoms. The van der Waals surface area contributed by atoms with Crippen LogP contribution in [0.3, 0.4) is 0 Å². The summed E-state index contributed by atoms with van der Waals surface area (Å²) in [4.78, 5) is 20.8. The third-order valence-electron chi connectivity index (χ3n) is 3.86. The minimum Gasteiger partial charge on any atom is -0.393 e. The second-order valence-corrected chi connectivity index (χ2v) is 6.13. The number of hydrogen-bond donors (Lipinski definition) is 3. The molecule has 0 atom stereocenters. The number of hydrogen-bond acceptors (Lipinski definition) is 5. The van der Waals surface area contributed by atoms with Gasteiger partial charge in [-0.25, -0.2) is 9.78 Å². The molecule has 8 nitrogen and oxygen atoms in total. The Kier molecular flexibility index (Phi) is 6.52. The number of fused-ring (bicyclic) bond motifs is 1. The Balaban J connectivity index is 1.75. The van der Waals surface area contributed by atoms with Crippen molar-refractivity contribution in [2.45, 2.75) is 6.18 Å². The molecule has 0 aliphatic carbocycles. The number of urea groups is 1. The van der Waals surface area contributed by atoms with Gasteiger partial charge in [-0.05, 0) is 24.3 Å². The van der Waals surface area contributed by atoms with Crippen molar-refractivity contribution in [3.63, 3.8) is 0 Å². The van der Waals surface area contributed by atoms with E-state index < -0.39 is 18.8 Å². The third kappa shape index (κ3) is 5.70. The summed E-state index contributed by atoms with van der Waals surface area (Å²) in [6.45, 7) is -1.44. The Bertz CT molecular complexity index is 1050. The summed E-state index contributed by atoms with van der Waals surface area (Å²) < 4.78 is 38.4. The van der Waals surface area contributed by atoms with Crippen molar-refractivity contribution in [1.82, 2.24) is 14.7 Å². The maximum Gasteiger partial charge on any atom is 0.405 e. The van der Waals surface area contributed by atoms with Crippen LogP contribution in [0.2, 0.25) is 0 Å². The standard InChI is InChI=1S/C19H18F3N5O3/c20-19(21,22)12-24-18(29)26-15-3-1-2-14(9-15)16-11-23-17-8-13(4-5-27(16)17)10-25-30-7-6-28/h1-5,8-11,28H,6-7,12H2,(H2,24,26,29)/b25-10+. The van der Waals surface area contributed by atoms with Gasteiger partial charge in [0.1, 0.15) is 18.8 Å². The summed E-state index contributed by atoms with van der Waals surface area (Å²) >= 11 is 0. The second-order valence-electron chi connectivity index (χ2n) is 6.13. The van der Waals surface area contributed by atoms with Crippen molar-refractivity contribution in [2.75, 3.05) is 25.1 Å². The number of carbonyl (C=O) groups excluding carboxylic acids is 1. The van der Waals surface area contributed by atoms with E-state index in [9.17, 15) is 18.0 Å². The summed E-state index contributed by atoms with van der Waals surface area (Å²) in [6, 6.07) is 9.29. The fourth-order valence-corrected chi connectivity index (χ4v) is 2.59. The topological polar surface area (TPSA) is 100 Å². The van der Waals surface area contributed by atoms with Crippen LogP contribution < -0.4 is 10.6 Å². The molecule has 0 saturated heterocycles. The van der Waals surface area contributed by atoms with Gasteiger partial charge < -0.3 is 20.6 Å². The lowest BCUT2D eigenvalue weighted by molar-refractivity contribution is -0.122. The number of rotatable bonds is 7. The van der Waals surface area contributed by atoms with Crippen LogP contribution in [0, 0.1) is 0 Å². The highest BCUT2D eigenvalue weighted by molar-refractivity contribution is 5.90. The van der Waals surface area contributed by atoms with E-state index in [1.54, 1.807) is 54.1 Å². The molecule has 0 saturated carbocycles. The van der Waals surface area contributed by atoms with E-state index in [4.69, 9.17) is 9.94 Å². The molecule has 3 aromatic rings. The normalized spacial score (nSPS) is 11.7. The smallest absolute Gasteiger partial charge is 0.393 e. The van der Waals surface area contributed by atoms with Crippen molar-refractivity contribution in [3.05, 3.63) is 54.4 Å². The van der Waals surface area contributed by atoms with Crippen LogP contribution in [0.5, 0.6) is 0 Å². The number of pyridine rings is 1. The van der Waals surface area contributed by atoms with E-state index >= 15 is 0 Å². The Morgan fingerprint density at radius 3 is 2.90 bits per heavy atom. The predicted molar refractivity (Wildman–Crippen MR) is 104 cm³/mol. The zero-order valence-electron chi connectivity index (χ0n) is 15.6. The number of halogens is 3. The molecule has 158 valence electrons. The highest BCUT2D eigenvalue weighted by atomic mass is 19.4. The highest BCUT2D eigenvalue weighted by Gasteiger charge is 2.27. The molecule has 0 aliphatic rings. The highest BCUT2D eigenvalue weighted by Crippen LogP contribution is 2.24. The largest absolute Gasteiger partial charge is 0.405 e. The minimum absolute atomic E-state index is 0.102. The number of aliphatic hydroxyl groups excluding tert-OH is 1. The molecule has 3 N–H and O–H groups in total. The van der Waals surface area contributed by atoms with Crippen molar-refractivity contribution in [3.8, 4) is 11.3 Å². The summed E-state index contributed by atoms with van der Waals surface area (Å²) in [6.07, 6.45) is 0.431. The number of benzene rings is 1. The van der Waals surface area contributed by atoms with E-state index in [1.165, 1.54) is 6.21 Å². The number of aliphatic hydroxyl groups is 1. The lowest BCUT2D eigenvalue weighted by atomic mass is 10.1. The first-order valence-electron chi connectivity index (χ1n) is 8.81. The maximum atomic E-state index is 12.2. The molecule has 2 aromatic heterocycles. The van der Waals surface area contributed by atoms with Gasteiger partial charge in [-0.3, -0.25) is 4.40 Å². The first-order chi connectivity index (χ1) is 14.4. The van der Waals surface area contributed by atoms with Gasteiger partial charge in [-0.2, -0.15) is 13.2 Å². The first-order valence-corrected chi connectivity index (χ1v) is 8.81. The Morgan fingerprint density at radius 1 is 1.30 bits per heavy atom. The van der Waals surface area contributed by atoms with Gasteiger partial charge >= 0.3 is 12.2 Å². The SMILES string of the molecule is O=C(NCC(F)(F)F)Nc1cccc(-c2cnc3cc(/C=N/OCCO)ccn23)c1. The number of nitrogens with one attached hydrogen (secondary N) is 2. The van der Waals surface area contributed by atoms with Gasteiger partial charge in [0.05, 0.1) is 24.7 Å². The second kappa shape index (κ2) is 9.27. The van der Waals surface area contributed by atoms with Crippen molar-refractivity contribution in [1.29, 1.82) is 0 Å². The molecule has 0 radical (unpaired) electrons. The van der Waals surface area contributed by atoms with Crippen LogP contribution in [-0.4, -0.2) is 52.7 Å². The molecule has 3 rings (SSSR count). The zero-order valence-corrected chi connectivity index (χ0v) is 15.6. The summed E-state index contributed by atoms with van der Waals surface area (Å²) in [7, 11) is 0. The first kappa shape index (κ1) is 21.1. The summed E-state index contributed by atoms with van der Waals surface area (Å²) in [5.74, 6) is 0. The van der Waals surface area contributed by atoms with E-state index in [-0.39, 0.29) is 13.2 Å². The molecule has 11 heteroatoms. The van der Waals surface area contributed by atoms with Crippen molar-refractivity contribution in [2.24, 2.45) is 5.16 Å². The number of carbonyl (C=O) groups is 1. The van der Waals surface area contributed by atoms with Gasteiger partial charge in [0, 0.05) is 23.0 Å². The predicted octanol–water partition coefficient (Wildman–Crippen LogP) is 3.03. The molecule has 2 heterocycles. The van der Waals surface area contributed by atoms with Crippen LogP contribution in [-0.2, 0) is 4.84 Å². The average Bonchev–Trinajstić information content (AvgIpc) is 3.13. The quantitative estimate of drug-likeness (QED) is 0.310. The Morgan fingerprint density at radius 2 is 2.13 bits per heavy atom. The van der Waals surface area contributed by atoms with E-state index in [0.717, 1.165) is 11.3 Å². The van der Waals surface area contributed by atoms with Gasteiger partial charge in [0.15, 0.2) is 0 Å². The van der Waals surface area contributed by atoms with Gasteiger partial charge in [-0.1, -0.05) is 17.3 Å². The molecule has 1 aromatic carbocycles. The number of anilines is 1. The van der Waals surface area contributed by atoms with Crippen molar-refractivity contribution >= 4 is 23.6 Å². The number of alkyl halides is 3. The van der Waals surface area contributed by atoms with Crippen LogP contribution in [0.25, 0.3) is 16.9 Å². The zero-order chi connectivity index (χ0) is 21.6.